The highest BCUT2D eigenvalue weighted by atomic mass is 15.2. The predicted molar refractivity (Wildman–Crippen MR) is 77.9 cm³/mol. The zero-order chi connectivity index (χ0) is 13.0. The summed E-state index contributed by atoms with van der Waals surface area (Å²) >= 11 is 0. The lowest BCUT2D eigenvalue weighted by molar-refractivity contribution is 0.206. The van der Waals surface area contributed by atoms with E-state index in [-0.39, 0.29) is 0 Å². The van der Waals surface area contributed by atoms with Crippen LogP contribution in [-0.2, 0) is 0 Å². The summed E-state index contributed by atoms with van der Waals surface area (Å²) in [6, 6.07) is 1.49. The lowest BCUT2D eigenvalue weighted by atomic mass is 10.0. The molecule has 3 nitrogen and oxygen atoms in total. The molecule has 3 heteroatoms. The van der Waals surface area contributed by atoms with Gasteiger partial charge in [-0.15, -0.1) is 0 Å². The average molecular weight is 251 g/mol. The van der Waals surface area contributed by atoms with Crippen molar-refractivity contribution in [3.63, 3.8) is 0 Å². The Morgan fingerprint density at radius 1 is 1.11 bits per heavy atom. The van der Waals surface area contributed by atoms with Crippen LogP contribution in [0.4, 0.5) is 0 Å². The minimum atomic E-state index is 0.740. The van der Waals surface area contributed by atoms with Crippen LogP contribution in [0.5, 0.6) is 0 Å². The van der Waals surface area contributed by atoms with E-state index in [1.54, 1.807) is 0 Å². The topological polar surface area (TPSA) is 18.5 Å². The fourth-order valence-electron chi connectivity index (χ4n) is 3.00. The Morgan fingerprint density at radius 3 is 2.33 bits per heavy atom. The number of rotatable bonds is 4. The molecule has 1 atom stereocenters. The van der Waals surface area contributed by atoms with Gasteiger partial charge in [-0.05, 0) is 59.8 Å². The van der Waals surface area contributed by atoms with Crippen molar-refractivity contribution in [3.05, 3.63) is 11.6 Å². The molecule has 0 aromatic carbocycles. The molecule has 0 radical (unpaired) electrons. The van der Waals surface area contributed by atoms with Crippen LogP contribution in [0.3, 0.4) is 0 Å². The molecule has 0 aliphatic carbocycles. The first-order chi connectivity index (χ1) is 8.63. The summed E-state index contributed by atoms with van der Waals surface area (Å²) in [5.74, 6) is 0. The molecule has 2 heterocycles. The molecule has 2 saturated heterocycles. The number of hydrogen-bond donors (Lipinski definition) is 1. The molecule has 0 saturated carbocycles. The number of piperidine rings is 1. The summed E-state index contributed by atoms with van der Waals surface area (Å²) in [4.78, 5) is 5.01. The zero-order valence-electron chi connectivity index (χ0n) is 12.3. The van der Waals surface area contributed by atoms with E-state index in [0.29, 0.717) is 0 Å². The Balaban J connectivity index is 1.65. The Kier molecular flexibility index (Phi) is 5.22. The van der Waals surface area contributed by atoms with Crippen molar-refractivity contribution in [2.45, 2.75) is 45.2 Å². The first-order valence-corrected chi connectivity index (χ1v) is 7.44. The van der Waals surface area contributed by atoms with Gasteiger partial charge in [-0.3, -0.25) is 4.90 Å². The van der Waals surface area contributed by atoms with Crippen LogP contribution in [0.25, 0.3) is 0 Å². The number of nitrogens with zero attached hydrogens (tertiary/aromatic N) is 2. The first-order valence-electron chi connectivity index (χ1n) is 7.44. The van der Waals surface area contributed by atoms with Crippen molar-refractivity contribution in [1.29, 1.82) is 0 Å². The molecule has 2 aliphatic heterocycles. The molecule has 0 aromatic heterocycles. The largest absolute Gasteiger partial charge is 0.310 e. The van der Waals surface area contributed by atoms with Crippen LogP contribution in [0.2, 0.25) is 0 Å². The van der Waals surface area contributed by atoms with E-state index in [1.807, 2.05) is 0 Å². The van der Waals surface area contributed by atoms with Gasteiger partial charge in [0.15, 0.2) is 0 Å². The summed E-state index contributed by atoms with van der Waals surface area (Å²) in [5, 5.41) is 3.85. The van der Waals surface area contributed by atoms with Gasteiger partial charge in [-0.25, -0.2) is 0 Å². The van der Waals surface area contributed by atoms with E-state index in [9.17, 15) is 0 Å². The third-order valence-electron chi connectivity index (χ3n) is 4.21. The van der Waals surface area contributed by atoms with E-state index in [0.717, 1.165) is 18.6 Å². The standard InChI is InChI=1S/C15H29N3/c1-13(2)4-9-18-10-6-14(7-11-18)16-15-5-8-17(3)12-15/h4,14-16H,5-12H2,1-3H3. The van der Waals surface area contributed by atoms with Gasteiger partial charge in [0.1, 0.15) is 0 Å². The fourth-order valence-corrected chi connectivity index (χ4v) is 3.00. The van der Waals surface area contributed by atoms with Gasteiger partial charge in [0.05, 0.1) is 0 Å². The van der Waals surface area contributed by atoms with Crippen molar-refractivity contribution in [2.24, 2.45) is 0 Å². The molecule has 0 aromatic rings. The predicted octanol–water partition coefficient (Wildman–Crippen LogP) is 1.71. The van der Waals surface area contributed by atoms with Gasteiger partial charge >= 0.3 is 0 Å². The van der Waals surface area contributed by atoms with Gasteiger partial charge in [-0.2, -0.15) is 0 Å². The molecule has 18 heavy (non-hydrogen) atoms. The maximum atomic E-state index is 3.85. The van der Waals surface area contributed by atoms with Crippen molar-refractivity contribution in [3.8, 4) is 0 Å². The Hall–Kier alpha value is -0.380. The minimum Gasteiger partial charge on any atom is -0.310 e. The van der Waals surface area contributed by atoms with E-state index < -0.39 is 0 Å². The third kappa shape index (κ3) is 4.38. The van der Waals surface area contributed by atoms with Gasteiger partial charge in [-0.1, -0.05) is 11.6 Å². The number of hydrogen-bond acceptors (Lipinski definition) is 3. The summed E-state index contributed by atoms with van der Waals surface area (Å²) < 4.78 is 0. The molecule has 1 unspecified atom stereocenters. The summed E-state index contributed by atoms with van der Waals surface area (Å²) in [6.45, 7) is 10.5. The van der Waals surface area contributed by atoms with Crippen molar-refractivity contribution < 1.29 is 0 Å². The average Bonchev–Trinajstić information content (AvgIpc) is 2.74. The third-order valence-corrected chi connectivity index (χ3v) is 4.21. The monoisotopic (exact) mass is 251 g/mol. The summed E-state index contributed by atoms with van der Waals surface area (Å²) in [5.41, 5.74) is 1.43. The zero-order valence-corrected chi connectivity index (χ0v) is 12.3. The van der Waals surface area contributed by atoms with Crippen LogP contribution < -0.4 is 5.32 Å². The molecule has 0 spiro atoms. The van der Waals surface area contributed by atoms with Crippen LogP contribution in [-0.4, -0.2) is 61.7 Å². The Labute approximate surface area is 112 Å². The van der Waals surface area contributed by atoms with Crippen LogP contribution in [0.15, 0.2) is 11.6 Å². The molecular formula is C15H29N3. The van der Waals surface area contributed by atoms with Crippen molar-refractivity contribution in [2.75, 3.05) is 39.8 Å². The molecule has 2 aliphatic rings. The van der Waals surface area contributed by atoms with Crippen molar-refractivity contribution in [1.82, 2.24) is 15.1 Å². The number of likely N-dealkylation sites (N-methyl/N-ethyl adjacent to an activating group) is 1. The number of nitrogens with one attached hydrogen (secondary N) is 1. The van der Waals surface area contributed by atoms with Crippen LogP contribution in [0.1, 0.15) is 33.1 Å². The van der Waals surface area contributed by atoms with Gasteiger partial charge in [0, 0.05) is 25.2 Å². The Morgan fingerprint density at radius 2 is 1.78 bits per heavy atom. The molecule has 2 fully saturated rings. The smallest absolute Gasteiger partial charge is 0.0209 e. The molecular weight excluding hydrogens is 222 g/mol. The Bertz CT molecular complexity index is 275. The molecule has 104 valence electrons. The fraction of sp³-hybridized carbons (Fsp3) is 0.867. The van der Waals surface area contributed by atoms with Crippen LogP contribution >= 0.6 is 0 Å². The van der Waals surface area contributed by atoms with Crippen LogP contribution in [0, 0.1) is 0 Å². The van der Waals surface area contributed by atoms with E-state index in [1.165, 1.54) is 51.0 Å². The maximum absolute atomic E-state index is 3.85. The second kappa shape index (κ2) is 6.69. The van der Waals surface area contributed by atoms with Gasteiger partial charge < -0.3 is 10.2 Å². The SMILES string of the molecule is CC(C)=CCN1CCC(NC2CCN(C)C2)CC1. The van der Waals surface area contributed by atoms with E-state index >= 15 is 0 Å². The van der Waals surface area contributed by atoms with E-state index in [2.05, 4.69) is 42.1 Å². The van der Waals surface area contributed by atoms with Gasteiger partial charge in [0.2, 0.25) is 0 Å². The molecule has 0 bridgehead atoms. The molecule has 1 N–H and O–H groups in total. The summed E-state index contributed by atoms with van der Waals surface area (Å²) in [7, 11) is 2.23. The quantitative estimate of drug-likeness (QED) is 0.768. The second-order valence-electron chi connectivity index (χ2n) is 6.27. The lowest BCUT2D eigenvalue weighted by Crippen LogP contribution is -2.46. The normalized spacial score (nSPS) is 27.6. The van der Waals surface area contributed by atoms with E-state index in [4.69, 9.17) is 0 Å². The first kappa shape index (κ1) is 14.0. The van der Waals surface area contributed by atoms with Gasteiger partial charge in [0.25, 0.3) is 0 Å². The minimum absolute atomic E-state index is 0.740. The lowest BCUT2D eigenvalue weighted by Gasteiger charge is -2.33. The highest BCUT2D eigenvalue weighted by molar-refractivity contribution is 4.96. The molecule has 2 rings (SSSR count). The maximum Gasteiger partial charge on any atom is 0.0209 e. The van der Waals surface area contributed by atoms with Crippen molar-refractivity contribution >= 4 is 0 Å². The second-order valence-corrected chi connectivity index (χ2v) is 6.27. The summed E-state index contributed by atoms with van der Waals surface area (Å²) in [6.07, 6.45) is 6.31. The number of allylic oxidation sites excluding steroid dienone is 1. The molecule has 0 amide bonds. The highest BCUT2D eigenvalue weighted by Gasteiger charge is 2.24. The highest BCUT2D eigenvalue weighted by Crippen LogP contribution is 2.14. The number of likely N-dealkylation sites (tertiary alicyclic amines) is 2.